The fourth-order valence-corrected chi connectivity index (χ4v) is 8.66. The number of nitrogens with zero attached hydrogens (tertiary/aromatic N) is 1. The molecule has 1 N–H and O–H groups in total. The smallest absolute Gasteiger partial charge is 0.321 e. The fourth-order valence-electron chi connectivity index (χ4n) is 8.60. The van der Waals surface area contributed by atoms with Crippen LogP contribution >= 0.6 is 11.6 Å². The first kappa shape index (κ1) is 21.4. The number of hydrogen-bond donors (Lipinski definition) is 1. The molecule has 0 aromatic carbocycles. The number of nitriles is 1. The van der Waals surface area contributed by atoms with Gasteiger partial charge in [0.1, 0.15) is 18.1 Å². The first-order valence-corrected chi connectivity index (χ1v) is 12.3. The van der Waals surface area contributed by atoms with Crippen molar-refractivity contribution in [1.29, 1.82) is 5.26 Å². The van der Waals surface area contributed by atoms with Gasteiger partial charge in [-0.25, -0.2) is 0 Å². The van der Waals surface area contributed by atoms with E-state index in [2.05, 4.69) is 27.0 Å². The molecule has 9 atom stereocenters. The number of fused-ring (bicyclic) bond motifs is 5. The van der Waals surface area contributed by atoms with E-state index in [4.69, 9.17) is 16.3 Å². The average molecular weight is 422 g/mol. The van der Waals surface area contributed by atoms with E-state index < -0.39 is 0 Å². The summed E-state index contributed by atoms with van der Waals surface area (Å²) in [5, 5.41) is 9.21. The molecule has 0 radical (unpaired) electrons. The molecule has 0 heterocycles. The maximum absolute atomic E-state index is 11.7. The molecule has 1 unspecified atom stereocenters. The zero-order valence-corrected chi connectivity index (χ0v) is 19.1. The van der Waals surface area contributed by atoms with Gasteiger partial charge in [-0.05, 0) is 80.5 Å². The topological polar surface area (TPSA) is 54.5 Å². The third-order valence-corrected chi connectivity index (χ3v) is 10.2. The Balaban J connectivity index is 1.49. The van der Waals surface area contributed by atoms with Gasteiger partial charge in [-0.15, -0.1) is 11.6 Å². The number of carbonyl (C=O) groups excluding carboxylic acids is 1. The first-order valence-electron chi connectivity index (χ1n) is 11.8. The van der Waals surface area contributed by atoms with Crippen molar-refractivity contribution in [1.82, 2.24) is 0 Å². The molecule has 4 aliphatic rings. The van der Waals surface area contributed by atoms with E-state index in [0.717, 1.165) is 30.6 Å². The molecular formula is C24H38ClN2O2+. The van der Waals surface area contributed by atoms with Crippen molar-refractivity contribution in [2.75, 3.05) is 19.5 Å². The highest BCUT2D eigenvalue weighted by Gasteiger charge is 2.62. The van der Waals surface area contributed by atoms with Crippen molar-refractivity contribution in [3.8, 4) is 6.07 Å². The van der Waals surface area contributed by atoms with Crippen molar-refractivity contribution >= 4 is 17.6 Å². The minimum Gasteiger partial charge on any atom is -0.461 e. The molecule has 4 rings (SSSR count). The number of quaternary nitrogens is 1. The molecule has 0 aromatic heterocycles. The van der Waals surface area contributed by atoms with Crippen molar-refractivity contribution in [3.63, 3.8) is 0 Å². The zero-order valence-electron chi connectivity index (χ0n) is 18.4. The highest BCUT2D eigenvalue weighted by Crippen LogP contribution is 2.66. The van der Waals surface area contributed by atoms with Crippen LogP contribution in [0, 0.1) is 45.8 Å². The molecule has 4 nitrogen and oxygen atoms in total. The Kier molecular flexibility index (Phi) is 5.95. The molecule has 162 valence electrons. The van der Waals surface area contributed by atoms with Gasteiger partial charge in [0.2, 0.25) is 0 Å². The summed E-state index contributed by atoms with van der Waals surface area (Å²) in [6.07, 6.45) is 11.2. The Morgan fingerprint density at radius 2 is 1.83 bits per heavy atom. The first-order chi connectivity index (χ1) is 13.8. The molecule has 0 aliphatic heterocycles. The normalized spacial score (nSPS) is 47.3. The molecule has 0 saturated heterocycles. The number of esters is 1. The molecule has 4 saturated carbocycles. The Morgan fingerprint density at radius 1 is 1.10 bits per heavy atom. The van der Waals surface area contributed by atoms with Crippen molar-refractivity contribution in [2.24, 2.45) is 34.5 Å². The largest absolute Gasteiger partial charge is 0.461 e. The van der Waals surface area contributed by atoms with Gasteiger partial charge in [-0.3, -0.25) is 4.79 Å². The molecule has 5 heteroatoms. The van der Waals surface area contributed by atoms with Gasteiger partial charge in [0.15, 0.2) is 6.54 Å². The Morgan fingerprint density at radius 3 is 2.55 bits per heavy atom. The zero-order chi connectivity index (χ0) is 20.8. The number of rotatable bonds is 4. The standard InChI is InChI=1S/C24H37ClN2O2/c1-23-10-8-17(29-22(28)15-25)14-16(23)4-5-18-19-6-7-21(27(3)13-12-26)24(19,2)11-9-20(18)23/h16-21H,4-11,13-15H2,1-3H3/p+1/t16-,17+,18-,19+,20-,21-,23-,24-/m0/s1. The number of alkyl halides is 1. The van der Waals surface area contributed by atoms with Crippen LogP contribution in [0.25, 0.3) is 0 Å². The monoisotopic (exact) mass is 421 g/mol. The van der Waals surface area contributed by atoms with Crippen molar-refractivity contribution < 1.29 is 14.4 Å². The molecule has 29 heavy (non-hydrogen) atoms. The lowest BCUT2D eigenvalue weighted by molar-refractivity contribution is -0.906. The van der Waals surface area contributed by atoms with Crippen LogP contribution in [-0.4, -0.2) is 37.6 Å². The molecule has 0 spiro atoms. The highest BCUT2D eigenvalue weighted by molar-refractivity contribution is 6.26. The van der Waals surface area contributed by atoms with Gasteiger partial charge >= 0.3 is 5.97 Å². The van der Waals surface area contributed by atoms with Crippen molar-refractivity contribution in [2.45, 2.75) is 83.8 Å². The Bertz CT molecular complexity index is 678. The Labute approximate surface area is 181 Å². The second kappa shape index (κ2) is 8.04. The van der Waals surface area contributed by atoms with E-state index >= 15 is 0 Å². The van der Waals surface area contributed by atoms with E-state index in [1.165, 1.54) is 49.8 Å². The predicted octanol–water partition coefficient (Wildman–Crippen LogP) is 3.59. The van der Waals surface area contributed by atoms with Crippen LogP contribution < -0.4 is 4.90 Å². The summed E-state index contributed by atoms with van der Waals surface area (Å²) in [5.74, 6) is 2.87. The quantitative estimate of drug-likeness (QED) is 0.428. The predicted molar refractivity (Wildman–Crippen MR) is 113 cm³/mol. The third kappa shape index (κ3) is 3.51. The lowest BCUT2D eigenvalue weighted by atomic mass is 9.45. The van der Waals surface area contributed by atoms with Gasteiger partial charge in [0.05, 0.1) is 13.1 Å². The van der Waals surface area contributed by atoms with Crippen LogP contribution in [0.2, 0.25) is 0 Å². The molecule has 4 aliphatic carbocycles. The summed E-state index contributed by atoms with van der Waals surface area (Å²) in [6.45, 7) is 5.73. The lowest BCUT2D eigenvalue weighted by Crippen LogP contribution is -3.14. The summed E-state index contributed by atoms with van der Waals surface area (Å²) in [4.78, 5) is 13.1. The van der Waals surface area contributed by atoms with Crippen LogP contribution in [0.4, 0.5) is 0 Å². The van der Waals surface area contributed by atoms with Crippen LogP contribution in [0.1, 0.15) is 71.6 Å². The molecular weight excluding hydrogens is 384 g/mol. The molecule has 0 amide bonds. The highest BCUT2D eigenvalue weighted by atomic mass is 35.5. The van der Waals surface area contributed by atoms with E-state index in [1.807, 2.05) is 0 Å². The van der Waals surface area contributed by atoms with E-state index in [9.17, 15) is 10.1 Å². The lowest BCUT2D eigenvalue weighted by Gasteiger charge is -2.60. The number of halogens is 1. The summed E-state index contributed by atoms with van der Waals surface area (Å²) in [5.41, 5.74) is 0.802. The summed E-state index contributed by atoms with van der Waals surface area (Å²) in [7, 11) is 2.23. The van der Waals surface area contributed by atoms with E-state index in [-0.39, 0.29) is 18.0 Å². The number of ether oxygens (including phenoxy) is 1. The van der Waals surface area contributed by atoms with Gasteiger partial charge in [-0.2, -0.15) is 5.26 Å². The summed E-state index contributed by atoms with van der Waals surface area (Å²) < 4.78 is 5.62. The third-order valence-electron chi connectivity index (χ3n) is 9.98. The second-order valence-corrected chi connectivity index (χ2v) is 11.3. The maximum Gasteiger partial charge on any atom is 0.321 e. The van der Waals surface area contributed by atoms with Crippen LogP contribution in [0.3, 0.4) is 0 Å². The maximum atomic E-state index is 11.7. The number of nitrogens with one attached hydrogen (secondary N) is 1. The number of carbonyl (C=O) groups is 1. The van der Waals surface area contributed by atoms with Crippen LogP contribution in [-0.2, 0) is 9.53 Å². The van der Waals surface area contributed by atoms with E-state index in [1.54, 1.807) is 0 Å². The van der Waals surface area contributed by atoms with Gasteiger partial charge in [0.25, 0.3) is 0 Å². The molecule has 0 aromatic rings. The second-order valence-electron chi connectivity index (χ2n) is 11.0. The van der Waals surface area contributed by atoms with Gasteiger partial charge in [-0.1, -0.05) is 13.8 Å². The van der Waals surface area contributed by atoms with Gasteiger partial charge < -0.3 is 9.64 Å². The number of hydrogen-bond acceptors (Lipinski definition) is 3. The van der Waals surface area contributed by atoms with Crippen molar-refractivity contribution in [3.05, 3.63) is 0 Å². The van der Waals surface area contributed by atoms with Crippen LogP contribution in [0.15, 0.2) is 0 Å². The summed E-state index contributed by atoms with van der Waals surface area (Å²) in [6, 6.07) is 3.04. The SMILES string of the molecule is C[NH+](CC#N)[C@H]1CC[C@@H]2[C@@H]3CC[C@H]4C[C@H](OC(=O)CCl)CC[C@]4(C)[C@H]3CC[C@@]21C. The minimum atomic E-state index is -0.261. The fraction of sp³-hybridized carbons (Fsp3) is 0.917. The van der Waals surface area contributed by atoms with Crippen LogP contribution in [0.5, 0.6) is 0 Å². The van der Waals surface area contributed by atoms with E-state index in [0.29, 0.717) is 29.3 Å². The average Bonchev–Trinajstić information content (AvgIpc) is 3.05. The minimum absolute atomic E-state index is 0.0349. The summed E-state index contributed by atoms with van der Waals surface area (Å²) >= 11 is 5.65. The molecule has 4 fully saturated rings. The Hall–Kier alpha value is -0.790. The molecule has 0 bridgehead atoms. The van der Waals surface area contributed by atoms with Gasteiger partial charge in [0, 0.05) is 11.8 Å².